The summed E-state index contributed by atoms with van der Waals surface area (Å²) in [4.78, 5) is 54.9. The van der Waals surface area contributed by atoms with Gasteiger partial charge < -0.3 is 24.7 Å². The van der Waals surface area contributed by atoms with Crippen molar-refractivity contribution in [3.63, 3.8) is 0 Å². The molecule has 9 heteroatoms. The van der Waals surface area contributed by atoms with Crippen LogP contribution in [-0.4, -0.2) is 53.8 Å². The van der Waals surface area contributed by atoms with Gasteiger partial charge in [0, 0.05) is 11.9 Å². The van der Waals surface area contributed by atoms with Gasteiger partial charge in [0.25, 0.3) is 5.91 Å². The van der Waals surface area contributed by atoms with E-state index >= 15 is 0 Å². The quantitative estimate of drug-likeness (QED) is 0.417. The molecule has 1 unspecified atom stereocenters. The highest BCUT2D eigenvalue weighted by Crippen LogP contribution is 2.31. The van der Waals surface area contributed by atoms with Gasteiger partial charge in [-0.1, -0.05) is 49.6 Å². The average Bonchev–Trinajstić information content (AvgIpc) is 3.38. The standard InChI is InChI=1S/C32H37N3O6/c1-31(2,3)41-29(38)22-12-6-7-13-24(22)35-18-15-23(25(36)20-35)33-30(39)32(16-9-4-10-17-32)34-28(37)27-19-21-11-5-8-14-26(21)40-27/h5-8,11-14,19,23H,4,9-10,15-18,20H2,1-3H3,(H,33,39)(H,34,37). The maximum absolute atomic E-state index is 13.7. The zero-order valence-corrected chi connectivity index (χ0v) is 23.8. The molecule has 9 nitrogen and oxygen atoms in total. The highest BCUT2D eigenvalue weighted by Gasteiger charge is 2.43. The van der Waals surface area contributed by atoms with Crippen molar-refractivity contribution in [2.75, 3.05) is 18.0 Å². The molecule has 1 aliphatic heterocycles. The second kappa shape index (κ2) is 11.4. The van der Waals surface area contributed by atoms with E-state index in [0.717, 1.165) is 24.6 Å². The minimum Gasteiger partial charge on any atom is -0.456 e. The molecule has 1 atom stereocenters. The number of benzene rings is 2. The number of ketones is 1. The number of Topliss-reactive ketones (excluding diaryl/α,β-unsaturated/α-hetero) is 1. The Kier molecular flexibility index (Phi) is 7.89. The molecule has 1 saturated heterocycles. The molecule has 2 aromatic carbocycles. The number of carbonyl (C=O) groups is 4. The summed E-state index contributed by atoms with van der Waals surface area (Å²) in [6, 6.07) is 15.4. The Labute approximate surface area is 239 Å². The molecule has 2 heterocycles. The summed E-state index contributed by atoms with van der Waals surface area (Å²) < 4.78 is 11.3. The maximum Gasteiger partial charge on any atom is 0.340 e. The highest BCUT2D eigenvalue weighted by atomic mass is 16.6. The maximum atomic E-state index is 13.7. The van der Waals surface area contributed by atoms with Crippen molar-refractivity contribution in [1.82, 2.24) is 10.6 Å². The third kappa shape index (κ3) is 6.29. The van der Waals surface area contributed by atoms with Crippen LogP contribution >= 0.6 is 0 Å². The molecular weight excluding hydrogens is 522 g/mol. The van der Waals surface area contributed by atoms with Crippen LogP contribution in [0.5, 0.6) is 0 Å². The van der Waals surface area contributed by atoms with Crippen LogP contribution in [0.3, 0.4) is 0 Å². The molecule has 2 aliphatic rings. The predicted octanol–water partition coefficient (Wildman–Crippen LogP) is 4.79. The van der Waals surface area contributed by atoms with Crippen molar-refractivity contribution < 1.29 is 28.3 Å². The van der Waals surface area contributed by atoms with E-state index in [1.54, 1.807) is 30.3 Å². The number of hydrogen-bond donors (Lipinski definition) is 2. The van der Waals surface area contributed by atoms with Crippen molar-refractivity contribution in [3.05, 3.63) is 65.9 Å². The van der Waals surface area contributed by atoms with E-state index in [1.165, 1.54) is 0 Å². The first-order chi connectivity index (χ1) is 19.5. The van der Waals surface area contributed by atoms with Gasteiger partial charge >= 0.3 is 5.97 Å². The van der Waals surface area contributed by atoms with E-state index in [2.05, 4.69) is 10.6 Å². The fourth-order valence-electron chi connectivity index (χ4n) is 5.67. The SMILES string of the molecule is CC(C)(C)OC(=O)c1ccccc1N1CCC(NC(=O)C2(NC(=O)c3cc4ccccc4o3)CCCCC2)C(=O)C1. The molecule has 1 aromatic heterocycles. The Bertz CT molecular complexity index is 1430. The first-order valence-electron chi connectivity index (χ1n) is 14.3. The Balaban J connectivity index is 1.27. The molecule has 2 fully saturated rings. The summed E-state index contributed by atoms with van der Waals surface area (Å²) >= 11 is 0. The first-order valence-corrected chi connectivity index (χ1v) is 14.3. The third-order valence-corrected chi connectivity index (χ3v) is 7.74. The number of furan rings is 1. The molecule has 2 N–H and O–H groups in total. The van der Waals surface area contributed by atoms with E-state index < -0.39 is 29.1 Å². The Morgan fingerprint density at radius 3 is 2.41 bits per heavy atom. The molecule has 0 spiro atoms. The number of hydrogen-bond acceptors (Lipinski definition) is 7. The number of fused-ring (bicyclic) bond motifs is 1. The summed E-state index contributed by atoms with van der Waals surface area (Å²) in [5.74, 6) is -1.24. The van der Waals surface area contributed by atoms with Crippen LogP contribution in [0.1, 0.15) is 80.2 Å². The molecule has 5 rings (SSSR count). The van der Waals surface area contributed by atoms with Gasteiger partial charge in [-0.05, 0) is 64.3 Å². The topological polar surface area (TPSA) is 118 Å². The molecule has 0 bridgehead atoms. The van der Waals surface area contributed by atoms with Gasteiger partial charge in [0.05, 0.1) is 23.8 Å². The van der Waals surface area contributed by atoms with Crippen LogP contribution in [0.2, 0.25) is 0 Å². The number of carbonyl (C=O) groups excluding carboxylic acids is 4. The van der Waals surface area contributed by atoms with Gasteiger partial charge in [0.2, 0.25) is 5.91 Å². The molecule has 1 aliphatic carbocycles. The lowest BCUT2D eigenvalue weighted by atomic mass is 9.80. The fourth-order valence-corrected chi connectivity index (χ4v) is 5.67. The van der Waals surface area contributed by atoms with Crippen molar-refractivity contribution in [2.24, 2.45) is 0 Å². The first kappa shape index (κ1) is 28.4. The Morgan fingerprint density at radius 2 is 1.71 bits per heavy atom. The summed E-state index contributed by atoms with van der Waals surface area (Å²) in [6.45, 7) is 5.94. The van der Waals surface area contributed by atoms with Crippen molar-refractivity contribution in [3.8, 4) is 0 Å². The van der Waals surface area contributed by atoms with Crippen molar-refractivity contribution in [1.29, 1.82) is 0 Å². The number of nitrogens with one attached hydrogen (secondary N) is 2. The van der Waals surface area contributed by atoms with Gasteiger partial charge in [0.15, 0.2) is 11.5 Å². The van der Waals surface area contributed by atoms with E-state index in [0.29, 0.717) is 42.6 Å². The number of para-hydroxylation sites is 2. The molecular formula is C32H37N3O6. The molecule has 216 valence electrons. The van der Waals surface area contributed by atoms with Gasteiger partial charge in [-0.2, -0.15) is 0 Å². The van der Waals surface area contributed by atoms with Gasteiger partial charge in [0.1, 0.15) is 16.7 Å². The minimum absolute atomic E-state index is 0.0447. The zero-order valence-electron chi connectivity index (χ0n) is 23.8. The van der Waals surface area contributed by atoms with E-state index in [1.807, 2.05) is 49.9 Å². The molecule has 41 heavy (non-hydrogen) atoms. The Hall–Kier alpha value is -4.14. The number of nitrogens with zero attached hydrogens (tertiary/aromatic N) is 1. The second-order valence-corrected chi connectivity index (χ2v) is 12.0. The average molecular weight is 560 g/mol. The van der Waals surface area contributed by atoms with Crippen LogP contribution in [0, 0.1) is 0 Å². The monoisotopic (exact) mass is 559 g/mol. The minimum atomic E-state index is -1.12. The second-order valence-electron chi connectivity index (χ2n) is 12.0. The van der Waals surface area contributed by atoms with E-state index in [-0.39, 0.29) is 24.0 Å². The molecule has 1 saturated carbocycles. The number of esters is 1. The number of anilines is 1. The summed E-state index contributed by atoms with van der Waals surface area (Å²) in [5.41, 5.74) is -0.138. The molecule has 2 amide bonds. The van der Waals surface area contributed by atoms with Gasteiger partial charge in [-0.3, -0.25) is 14.4 Å². The van der Waals surface area contributed by atoms with E-state index in [9.17, 15) is 19.2 Å². The van der Waals surface area contributed by atoms with Crippen LogP contribution in [-0.2, 0) is 14.3 Å². The van der Waals surface area contributed by atoms with Gasteiger partial charge in [-0.25, -0.2) is 4.79 Å². The third-order valence-electron chi connectivity index (χ3n) is 7.74. The van der Waals surface area contributed by atoms with Crippen LogP contribution in [0.15, 0.2) is 59.0 Å². The van der Waals surface area contributed by atoms with Gasteiger partial charge in [-0.15, -0.1) is 0 Å². The normalized spacial score (nSPS) is 19.0. The smallest absolute Gasteiger partial charge is 0.340 e. The van der Waals surface area contributed by atoms with Crippen LogP contribution in [0.25, 0.3) is 11.0 Å². The summed E-state index contributed by atoms with van der Waals surface area (Å²) in [7, 11) is 0. The molecule has 3 aromatic rings. The zero-order chi connectivity index (χ0) is 29.2. The summed E-state index contributed by atoms with van der Waals surface area (Å²) in [6.07, 6.45) is 3.91. The molecule has 0 radical (unpaired) electrons. The lowest BCUT2D eigenvalue weighted by molar-refractivity contribution is -0.133. The fraction of sp³-hybridized carbons (Fsp3) is 0.438. The van der Waals surface area contributed by atoms with Crippen LogP contribution in [0.4, 0.5) is 5.69 Å². The van der Waals surface area contributed by atoms with Crippen LogP contribution < -0.4 is 15.5 Å². The predicted molar refractivity (Wildman–Crippen MR) is 155 cm³/mol. The number of rotatable bonds is 6. The highest BCUT2D eigenvalue weighted by molar-refractivity contribution is 6.02. The lowest BCUT2D eigenvalue weighted by Gasteiger charge is -2.39. The van der Waals surface area contributed by atoms with Crippen molar-refractivity contribution in [2.45, 2.75) is 76.5 Å². The largest absolute Gasteiger partial charge is 0.456 e. The van der Waals surface area contributed by atoms with E-state index in [4.69, 9.17) is 9.15 Å². The lowest BCUT2D eigenvalue weighted by Crippen LogP contribution is -2.63. The van der Waals surface area contributed by atoms with Crippen molar-refractivity contribution >= 4 is 40.2 Å². The number of piperidine rings is 1. The number of amides is 2. The Morgan fingerprint density at radius 1 is 1.00 bits per heavy atom. The number of ether oxygens (including phenoxy) is 1. The summed E-state index contributed by atoms with van der Waals surface area (Å²) in [5, 5.41) is 6.73.